The summed E-state index contributed by atoms with van der Waals surface area (Å²) >= 11 is 0. The third-order valence-electron chi connectivity index (χ3n) is 1.75. The molecule has 5 nitrogen and oxygen atoms in total. The molecule has 19 heavy (non-hydrogen) atoms. The third kappa shape index (κ3) is 3.63. The summed E-state index contributed by atoms with van der Waals surface area (Å²) in [5.74, 6) is -3.67. The van der Waals surface area contributed by atoms with E-state index < -0.39 is 41.1 Å². The number of aromatic nitrogens is 1. The zero-order valence-corrected chi connectivity index (χ0v) is 8.52. The van der Waals surface area contributed by atoms with Crippen molar-refractivity contribution in [2.75, 3.05) is 0 Å². The van der Waals surface area contributed by atoms with Crippen LogP contribution in [0.25, 0.3) is 0 Å². The van der Waals surface area contributed by atoms with Crippen molar-refractivity contribution in [3.8, 4) is 5.88 Å². The fraction of sp³-hybridized carbons (Fsp3) is 0.250. The lowest BCUT2D eigenvalue weighted by Gasteiger charge is -2.12. The number of aromatic carboxylic acids is 1. The van der Waals surface area contributed by atoms with Crippen LogP contribution in [0.2, 0.25) is 0 Å². The molecule has 0 spiro atoms. The number of aromatic amines is 1. The van der Waals surface area contributed by atoms with Crippen LogP contribution < -0.4 is 10.3 Å². The van der Waals surface area contributed by atoms with Gasteiger partial charge in [0, 0.05) is 6.07 Å². The van der Waals surface area contributed by atoms with E-state index in [9.17, 15) is 35.9 Å². The zero-order chi connectivity index (χ0) is 15.0. The van der Waals surface area contributed by atoms with Crippen LogP contribution in [-0.4, -0.2) is 22.4 Å². The first kappa shape index (κ1) is 14.9. The van der Waals surface area contributed by atoms with Gasteiger partial charge in [0.15, 0.2) is 0 Å². The number of hydrogen-bond acceptors (Lipinski definition) is 3. The van der Waals surface area contributed by atoms with Crippen LogP contribution in [0.4, 0.5) is 26.3 Å². The molecule has 0 radical (unpaired) electrons. The number of rotatable bonds is 2. The lowest BCUT2D eigenvalue weighted by Crippen LogP contribution is -2.28. The molecule has 0 aliphatic heterocycles. The minimum atomic E-state index is -5.34. The number of ether oxygens (including phenoxy) is 1. The van der Waals surface area contributed by atoms with E-state index in [1.165, 1.54) is 0 Å². The predicted molar refractivity (Wildman–Crippen MR) is 45.7 cm³/mol. The zero-order valence-electron chi connectivity index (χ0n) is 8.52. The molecule has 0 fully saturated rings. The van der Waals surface area contributed by atoms with E-state index in [0.29, 0.717) is 0 Å². The molecule has 11 heteroatoms. The summed E-state index contributed by atoms with van der Waals surface area (Å²) in [5, 5.41) is 8.49. The number of alkyl halides is 6. The molecule has 0 unspecified atom stereocenters. The van der Waals surface area contributed by atoms with Gasteiger partial charge in [-0.05, 0) is 0 Å². The Morgan fingerprint density at radius 3 is 2.11 bits per heavy atom. The van der Waals surface area contributed by atoms with Crippen LogP contribution in [0.15, 0.2) is 10.9 Å². The van der Waals surface area contributed by atoms with E-state index in [4.69, 9.17) is 5.11 Å². The number of carboxylic acids is 1. The third-order valence-corrected chi connectivity index (χ3v) is 1.75. The Morgan fingerprint density at radius 1 is 1.21 bits per heavy atom. The Hall–Kier alpha value is -2.20. The van der Waals surface area contributed by atoms with Crippen molar-refractivity contribution in [2.45, 2.75) is 12.5 Å². The summed E-state index contributed by atoms with van der Waals surface area (Å²) in [6, 6.07) is -0.0694. The van der Waals surface area contributed by atoms with Crippen molar-refractivity contribution in [2.24, 2.45) is 0 Å². The van der Waals surface area contributed by atoms with Crippen molar-refractivity contribution in [3.63, 3.8) is 0 Å². The van der Waals surface area contributed by atoms with Crippen LogP contribution in [0, 0.1) is 0 Å². The Morgan fingerprint density at radius 2 is 1.74 bits per heavy atom. The first-order chi connectivity index (χ1) is 8.42. The first-order valence-electron chi connectivity index (χ1n) is 4.25. The smallest absolute Gasteiger partial charge is 0.478 e. The molecule has 0 bridgehead atoms. The molecule has 1 rings (SSSR count). The number of nitrogens with one attached hydrogen (secondary N) is 1. The van der Waals surface area contributed by atoms with Crippen molar-refractivity contribution < 1.29 is 41.0 Å². The van der Waals surface area contributed by atoms with Gasteiger partial charge in [-0.15, -0.1) is 13.2 Å². The van der Waals surface area contributed by atoms with Gasteiger partial charge < -0.3 is 9.84 Å². The summed E-state index contributed by atoms with van der Waals surface area (Å²) in [6.07, 6.45) is -10.6. The van der Waals surface area contributed by atoms with Gasteiger partial charge in [-0.2, -0.15) is 13.2 Å². The highest BCUT2D eigenvalue weighted by Crippen LogP contribution is 2.31. The van der Waals surface area contributed by atoms with Gasteiger partial charge in [-0.3, -0.25) is 9.78 Å². The minimum absolute atomic E-state index is 0.0694. The van der Waals surface area contributed by atoms with Crippen molar-refractivity contribution in [1.82, 2.24) is 4.98 Å². The largest absolute Gasteiger partial charge is 0.574 e. The molecule has 0 aliphatic rings. The van der Waals surface area contributed by atoms with Crippen LogP contribution >= 0.6 is 0 Å². The molecular weight excluding hydrogens is 288 g/mol. The molecule has 106 valence electrons. The van der Waals surface area contributed by atoms with Gasteiger partial charge in [0.2, 0.25) is 5.88 Å². The maximum atomic E-state index is 12.4. The van der Waals surface area contributed by atoms with Crippen molar-refractivity contribution >= 4 is 5.97 Å². The molecule has 0 saturated heterocycles. The molecule has 1 heterocycles. The highest BCUT2D eigenvalue weighted by molar-refractivity contribution is 5.89. The van der Waals surface area contributed by atoms with Gasteiger partial charge in [0.25, 0.3) is 5.56 Å². The first-order valence-corrected chi connectivity index (χ1v) is 4.25. The number of carbonyl (C=O) groups is 1. The molecule has 0 saturated carbocycles. The van der Waals surface area contributed by atoms with E-state index >= 15 is 0 Å². The second-order valence-electron chi connectivity index (χ2n) is 3.10. The van der Waals surface area contributed by atoms with Crippen molar-refractivity contribution in [3.05, 3.63) is 27.5 Å². The molecule has 0 aliphatic carbocycles. The molecule has 0 aromatic carbocycles. The molecule has 0 amide bonds. The molecule has 0 atom stereocenters. The Labute approximate surface area is 99.0 Å². The SMILES string of the molecule is O=C(O)c1cc(OC(F)(F)F)[nH]c(=O)c1C(F)(F)F. The average Bonchev–Trinajstić information content (AvgIpc) is 2.10. The maximum Gasteiger partial charge on any atom is 0.574 e. The molecular formula is C8H3F6NO4. The average molecular weight is 291 g/mol. The Bertz CT molecular complexity index is 558. The predicted octanol–water partition coefficient (Wildman–Crippen LogP) is 1.99. The van der Waals surface area contributed by atoms with Gasteiger partial charge >= 0.3 is 18.5 Å². The number of pyridine rings is 1. The minimum Gasteiger partial charge on any atom is -0.478 e. The van der Waals surface area contributed by atoms with Crippen LogP contribution in [0.3, 0.4) is 0 Å². The highest BCUT2D eigenvalue weighted by atomic mass is 19.4. The van der Waals surface area contributed by atoms with Crippen LogP contribution in [0.1, 0.15) is 15.9 Å². The normalized spacial score (nSPS) is 12.3. The Kier molecular flexibility index (Phi) is 3.50. The highest BCUT2D eigenvalue weighted by Gasteiger charge is 2.40. The van der Waals surface area contributed by atoms with Gasteiger partial charge in [0.1, 0.15) is 5.56 Å². The lowest BCUT2D eigenvalue weighted by molar-refractivity contribution is -0.276. The summed E-state index contributed by atoms with van der Waals surface area (Å²) in [7, 11) is 0. The molecule has 1 aromatic heterocycles. The fourth-order valence-corrected chi connectivity index (χ4v) is 1.17. The summed E-state index contributed by atoms with van der Waals surface area (Å²) in [5.41, 5.74) is -5.81. The van der Waals surface area contributed by atoms with E-state index in [-0.39, 0.29) is 6.07 Å². The quantitative estimate of drug-likeness (QED) is 0.817. The second kappa shape index (κ2) is 4.48. The van der Waals surface area contributed by atoms with Crippen LogP contribution in [0.5, 0.6) is 5.88 Å². The molecule has 1 aromatic rings. The van der Waals surface area contributed by atoms with E-state index in [2.05, 4.69) is 4.74 Å². The number of halogens is 6. The lowest BCUT2D eigenvalue weighted by atomic mass is 10.1. The van der Waals surface area contributed by atoms with E-state index in [1.807, 2.05) is 0 Å². The second-order valence-corrected chi connectivity index (χ2v) is 3.10. The topological polar surface area (TPSA) is 79.4 Å². The number of hydrogen-bond donors (Lipinski definition) is 2. The van der Waals surface area contributed by atoms with Gasteiger partial charge in [-0.25, -0.2) is 4.79 Å². The summed E-state index contributed by atoms with van der Waals surface area (Å²) in [4.78, 5) is 22.7. The molecule has 2 N–H and O–H groups in total. The van der Waals surface area contributed by atoms with Crippen molar-refractivity contribution in [1.29, 1.82) is 0 Å². The standard InChI is InChI=1S/C8H3F6NO4/c9-7(10,11)4-2(6(17)18)1-3(15-5(4)16)19-8(12,13)14/h1H,(H,15,16)(H,17,18). The summed E-state index contributed by atoms with van der Waals surface area (Å²) in [6.45, 7) is 0. The monoisotopic (exact) mass is 291 g/mol. The number of carboxylic acid groups (broad SMARTS) is 1. The number of H-pyrrole nitrogens is 1. The van der Waals surface area contributed by atoms with Crippen LogP contribution in [-0.2, 0) is 6.18 Å². The fourth-order valence-electron chi connectivity index (χ4n) is 1.17. The van der Waals surface area contributed by atoms with Gasteiger partial charge in [0.05, 0.1) is 5.56 Å². The van der Waals surface area contributed by atoms with E-state index in [1.54, 1.807) is 0 Å². The van der Waals surface area contributed by atoms with Gasteiger partial charge in [-0.1, -0.05) is 0 Å². The Balaban J connectivity index is 3.47. The summed E-state index contributed by atoms with van der Waals surface area (Å²) < 4.78 is 75.8. The van der Waals surface area contributed by atoms with E-state index in [0.717, 1.165) is 4.98 Å². The maximum absolute atomic E-state index is 12.4.